The smallest absolute Gasteiger partial charge is 0.264 e. The van der Waals surface area contributed by atoms with Crippen LogP contribution in [0.15, 0.2) is 77.7 Å². The van der Waals surface area contributed by atoms with Crippen molar-refractivity contribution >= 4 is 50.7 Å². The molecule has 3 aromatic rings. The van der Waals surface area contributed by atoms with Gasteiger partial charge in [0.05, 0.1) is 10.6 Å². The Labute approximate surface area is 240 Å². The van der Waals surface area contributed by atoms with Crippen LogP contribution < -0.4 is 9.62 Å². The van der Waals surface area contributed by atoms with Gasteiger partial charge in [0.25, 0.3) is 10.0 Å². The average Bonchev–Trinajstić information content (AvgIpc) is 2.92. The summed E-state index contributed by atoms with van der Waals surface area (Å²) in [5, 5.41) is 3.68. The summed E-state index contributed by atoms with van der Waals surface area (Å²) >= 11 is 12.4. The second-order valence-electron chi connectivity index (χ2n) is 9.23. The number of halogens is 2. The van der Waals surface area contributed by atoms with Crippen LogP contribution in [0.25, 0.3) is 0 Å². The highest BCUT2D eigenvalue weighted by Gasteiger charge is 2.33. The number of carbonyl (C=O) groups is 2. The third-order valence-electron chi connectivity index (χ3n) is 6.29. The van der Waals surface area contributed by atoms with E-state index in [9.17, 15) is 18.0 Å². The van der Waals surface area contributed by atoms with Crippen LogP contribution in [0.2, 0.25) is 10.0 Å². The van der Waals surface area contributed by atoms with E-state index < -0.39 is 28.5 Å². The molecule has 0 aliphatic rings. The number of unbranched alkanes of at least 4 members (excludes halogenated alkanes) is 1. The molecule has 39 heavy (non-hydrogen) atoms. The number of benzene rings is 3. The highest BCUT2D eigenvalue weighted by Crippen LogP contribution is 2.30. The molecule has 0 saturated heterocycles. The predicted molar refractivity (Wildman–Crippen MR) is 157 cm³/mol. The van der Waals surface area contributed by atoms with Gasteiger partial charge in [-0.3, -0.25) is 13.9 Å². The molecule has 0 heterocycles. The highest BCUT2D eigenvalue weighted by molar-refractivity contribution is 7.92. The van der Waals surface area contributed by atoms with Crippen molar-refractivity contribution in [1.82, 2.24) is 10.2 Å². The molecular weight excluding hydrogens is 557 g/mol. The largest absolute Gasteiger partial charge is 0.354 e. The number of nitrogens with zero attached hydrogens (tertiary/aromatic N) is 2. The topological polar surface area (TPSA) is 86.8 Å². The van der Waals surface area contributed by atoms with Gasteiger partial charge in [-0.05, 0) is 67.8 Å². The molecule has 0 aliphatic heterocycles. The lowest BCUT2D eigenvalue weighted by molar-refractivity contribution is -0.139. The van der Waals surface area contributed by atoms with E-state index in [-0.39, 0.29) is 23.0 Å². The molecule has 3 rings (SSSR count). The first-order valence-electron chi connectivity index (χ1n) is 12.7. The lowest BCUT2D eigenvalue weighted by Crippen LogP contribution is -2.51. The minimum atomic E-state index is -4.16. The van der Waals surface area contributed by atoms with Gasteiger partial charge in [0, 0.05) is 23.1 Å². The van der Waals surface area contributed by atoms with Crippen molar-refractivity contribution in [2.24, 2.45) is 0 Å². The van der Waals surface area contributed by atoms with E-state index in [0.717, 1.165) is 17.1 Å². The monoisotopic (exact) mass is 589 g/mol. The summed E-state index contributed by atoms with van der Waals surface area (Å²) in [7, 11) is -4.16. The molecule has 0 radical (unpaired) electrons. The van der Waals surface area contributed by atoms with E-state index in [1.54, 1.807) is 68.4 Å². The Morgan fingerprint density at radius 3 is 2.31 bits per heavy atom. The zero-order valence-electron chi connectivity index (χ0n) is 22.2. The van der Waals surface area contributed by atoms with Gasteiger partial charge in [-0.1, -0.05) is 72.9 Å². The minimum Gasteiger partial charge on any atom is -0.354 e. The molecule has 0 fully saturated rings. The molecular formula is C29H33Cl2N3O4S. The summed E-state index contributed by atoms with van der Waals surface area (Å²) in [6, 6.07) is 18.9. The van der Waals surface area contributed by atoms with Crippen molar-refractivity contribution < 1.29 is 18.0 Å². The highest BCUT2D eigenvalue weighted by atomic mass is 35.5. The third-order valence-corrected chi connectivity index (χ3v) is 8.53. The number of aryl methyl sites for hydroxylation is 1. The molecule has 1 N–H and O–H groups in total. The molecule has 0 unspecified atom stereocenters. The van der Waals surface area contributed by atoms with Gasteiger partial charge in [-0.15, -0.1) is 0 Å². The van der Waals surface area contributed by atoms with Crippen molar-refractivity contribution in [3.8, 4) is 0 Å². The Kier molecular flexibility index (Phi) is 10.8. The van der Waals surface area contributed by atoms with E-state index in [4.69, 9.17) is 23.2 Å². The number of anilines is 1. The van der Waals surface area contributed by atoms with Gasteiger partial charge in [-0.2, -0.15) is 0 Å². The summed E-state index contributed by atoms with van der Waals surface area (Å²) in [5.41, 5.74) is 1.61. The maximum atomic E-state index is 13.9. The molecule has 0 saturated carbocycles. The zero-order chi connectivity index (χ0) is 28.6. The van der Waals surface area contributed by atoms with Gasteiger partial charge in [0.1, 0.15) is 12.6 Å². The van der Waals surface area contributed by atoms with Crippen LogP contribution in [0, 0.1) is 6.92 Å². The maximum absolute atomic E-state index is 13.9. The number of nitrogens with one attached hydrogen (secondary N) is 1. The van der Waals surface area contributed by atoms with E-state index in [1.165, 1.54) is 23.1 Å². The van der Waals surface area contributed by atoms with Gasteiger partial charge in [0.2, 0.25) is 11.8 Å². The minimum absolute atomic E-state index is 0.0314. The summed E-state index contributed by atoms with van der Waals surface area (Å²) < 4.78 is 28.8. The van der Waals surface area contributed by atoms with Gasteiger partial charge in [-0.25, -0.2) is 8.42 Å². The van der Waals surface area contributed by atoms with Crippen LogP contribution in [0.3, 0.4) is 0 Å². The first kappa shape index (κ1) is 30.5. The first-order chi connectivity index (χ1) is 18.5. The van der Waals surface area contributed by atoms with Crippen LogP contribution in [-0.2, 0) is 26.2 Å². The van der Waals surface area contributed by atoms with E-state index >= 15 is 0 Å². The standard InChI is InChI=1S/C29H33Cl2N3O4S/c1-4-5-16-32-29(36)22(3)33(19-23-10-9-11-24(30)17-23)28(35)20-34(27-18-25(31)15-14-21(27)2)39(37,38)26-12-7-6-8-13-26/h6-15,17-18,22H,4-5,16,19-20H2,1-3H3,(H,32,36)/t22-/m1/s1. The van der Waals surface area contributed by atoms with Crippen LogP contribution >= 0.6 is 23.2 Å². The number of hydrogen-bond acceptors (Lipinski definition) is 4. The SMILES string of the molecule is CCCCNC(=O)[C@@H](C)N(Cc1cccc(Cl)c1)C(=O)CN(c1cc(Cl)ccc1C)S(=O)(=O)c1ccccc1. The molecule has 3 aromatic carbocycles. The third kappa shape index (κ3) is 7.97. The quantitative estimate of drug-likeness (QED) is 0.269. The number of sulfonamides is 1. The second-order valence-corrected chi connectivity index (χ2v) is 12.0. The van der Waals surface area contributed by atoms with Crippen molar-refractivity contribution in [1.29, 1.82) is 0 Å². The first-order valence-corrected chi connectivity index (χ1v) is 14.9. The van der Waals surface area contributed by atoms with Crippen molar-refractivity contribution in [2.45, 2.75) is 51.1 Å². The van der Waals surface area contributed by atoms with Crippen LogP contribution in [0.5, 0.6) is 0 Å². The molecule has 0 aliphatic carbocycles. The van der Waals surface area contributed by atoms with Crippen molar-refractivity contribution in [3.63, 3.8) is 0 Å². The normalized spacial score (nSPS) is 12.0. The summed E-state index contributed by atoms with van der Waals surface area (Å²) in [6.45, 7) is 5.40. The Bertz CT molecular complexity index is 1400. The fourth-order valence-corrected chi connectivity index (χ4v) is 5.91. The molecule has 0 spiro atoms. The van der Waals surface area contributed by atoms with Crippen molar-refractivity contribution in [2.75, 3.05) is 17.4 Å². The summed E-state index contributed by atoms with van der Waals surface area (Å²) in [6.07, 6.45) is 1.71. The Morgan fingerprint density at radius 1 is 0.949 bits per heavy atom. The molecule has 10 heteroatoms. The van der Waals surface area contributed by atoms with Crippen LogP contribution in [0.4, 0.5) is 5.69 Å². The van der Waals surface area contributed by atoms with Gasteiger partial charge >= 0.3 is 0 Å². The maximum Gasteiger partial charge on any atom is 0.264 e. The van der Waals surface area contributed by atoms with E-state index in [0.29, 0.717) is 27.7 Å². The molecule has 7 nitrogen and oxygen atoms in total. The van der Waals surface area contributed by atoms with E-state index in [2.05, 4.69) is 5.32 Å². The summed E-state index contributed by atoms with van der Waals surface area (Å²) in [5.74, 6) is -0.873. The summed E-state index contributed by atoms with van der Waals surface area (Å²) in [4.78, 5) is 28.4. The number of carbonyl (C=O) groups excluding carboxylic acids is 2. The Morgan fingerprint density at radius 2 is 1.64 bits per heavy atom. The molecule has 208 valence electrons. The zero-order valence-corrected chi connectivity index (χ0v) is 24.6. The van der Waals surface area contributed by atoms with Gasteiger partial charge in [0.15, 0.2) is 0 Å². The fourth-order valence-electron chi connectivity index (χ4n) is 4.03. The lowest BCUT2D eigenvalue weighted by atomic mass is 10.1. The predicted octanol–water partition coefficient (Wildman–Crippen LogP) is 5.83. The average molecular weight is 591 g/mol. The second kappa shape index (κ2) is 13.8. The van der Waals surface area contributed by atoms with Crippen molar-refractivity contribution in [3.05, 3.63) is 94.0 Å². The van der Waals surface area contributed by atoms with Gasteiger partial charge < -0.3 is 10.2 Å². The number of amides is 2. The van der Waals surface area contributed by atoms with Crippen LogP contribution in [0.1, 0.15) is 37.8 Å². The number of hydrogen-bond donors (Lipinski definition) is 1. The Balaban J connectivity index is 2.03. The fraction of sp³-hybridized carbons (Fsp3) is 0.310. The molecule has 1 atom stereocenters. The lowest BCUT2D eigenvalue weighted by Gasteiger charge is -2.32. The molecule has 2 amide bonds. The Hall–Kier alpha value is -3.07. The van der Waals surface area contributed by atoms with Crippen LogP contribution in [-0.4, -0.2) is 44.3 Å². The number of rotatable bonds is 12. The van der Waals surface area contributed by atoms with E-state index in [1.807, 2.05) is 6.92 Å². The molecule has 0 aromatic heterocycles. The molecule has 0 bridgehead atoms.